The van der Waals surface area contributed by atoms with Crippen LogP contribution in [0.5, 0.6) is 0 Å². The van der Waals surface area contributed by atoms with E-state index in [0.717, 1.165) is 10.2 Å². The molecule has 1 N–H and O–H groups in total. The molecule has 2 aromatic rings. The number of nitro benzene ring substituents is 1. The van der Waals surface area contributed by atoms with E-state index in [2.05, 4.69) is 53.3 Å². The molecule has 0 spiro atoms. The Morgan fingerprint density at radius 1 is 1.14 bits per heavy atom. The number of hydrogen-bond acceptors (Lipinski definition) is 3. The largest absolute Gasteiger partial charge is 0.380 e. The van der Waals surface area contributed by atoms with Gasteiger partial charge in [-0.15, -0.1) is 0 Å². The fraction of sp³-hybridized carbons (Fsp3) is 0.250. The molecule has 0 atom stereocenters. The Morgan fingerprint density at radius 3 is 2.48 bits per heavy atom. The van der Waals surface area contributed by atoms with E-state index in [4.69, 9.17) is 0 Å². The molecule has 5 heteroatoms. The van der Waals surface area contributed by atoms with Gasteiger partial charge >= 0.3 is 0 Å². The standard InChI is InChI=1S/C16H17BrN2O2/c1-10-4-5-13(11(2)6-10)9-18-15-8-16(19(20)21)12(3)7-14(15)17/h4-8,18H,9H2,1-3H3. The Morgan fingerprint density at radius 2 is 1.86 bits per heavy atom. The van der Waals surface area contributed by atoms with Gasteiger partial charge < -0.3 is 5.32 Å². The fourth-order valence-electron chi connectivity index (χ4n) is 2.23. The monoisotopic (exact) mass is 348 g/mol. The van der Waals surface area contributed by atoms with Gasteiger partial charge in [0.05, 0.1) is 10.6 Å². The molecule has 2 aromatic carbocycles. The first-order valence-electron chi connectivity index (χ1n) is 6.63. The summed E-state index contributed by atoms with van der Waals surface area (Å²) in [6.07, 6.45) is 0. The van der Waals surface area contributed by atoms with Crippen LogP contribution < -0.4 is 5.32 Å². The molecular weight excluding hydrogens is 332 g/mol. The van der Waals surface area contributed by atoms with Gasteiger partial charge in [0.15, 0.2) is 0 Å². The second-order valence-corrected chi connectivity index (χ2v) is 6.01. The van der Waals surface area contributed by atoms with Crippen LogP contribution in [0.2, 0.25) is 0 Å². The first kappa shape index (κ1) is 15.5. The number of halogens is 1. The summed E-state index contributed by atoms with van der Waals surface area (Å²) in [5.74, 6) is 0. The summed E-state index contributed by atoms with van der Waals surface area (Å²) in [7, 11) is 0. The van der Waals surface area contributed by atoms with Gasteiger partial charge in [0.1, 0.15) is 0 Å². The van der Waals surface area contributed by atoms with Gasteiger partial charge in [-0.1, -0.05) is 23.8 Å². The van der Waals surface area contributed by atoms with Crippen molar-refractivity contribution in [3.05, 3.63) is 67.2 Å². The van der Waals surface area contributed by atoms with Gasteiger partial charge in [-0.25, -0.2) is 0 Å². The van der Waals surface area contributed by atoms with Crippen molar-refractivity contribution in [1.29, 1.82) is 0 Å². The van der Waals surface area contributed by atoms with E-state index in [9.17, 15) is 10.1 Å². The van der Waals surface area contributed by atoms with Crippen molar-refractivity contribution in [3.63, 3.8) is 0 Å². The first-order valence-corrected chi connectivity index (χ1v) is 7.42. The SMILES string of the molecule is Cc1ccc(CNc2cc([N+](=O)[O-])c(C)cc2Br)c(C)c1. The molecule has 0 amide bonds. The molecular formula is C16H17BrN2O2. The third kappa shape index (κ3) is 3.61. The Kier molecular flexibility index (Phi) is 4.63. The summed E-state index contributed by atoms with van der Waals surface area (Å²) in [5.41, 5.74) is 5.11. The Bertz CT molecular complexity index is 699. The number of rotatable bonds is 4. The van der Waals surface area contributed by atoms with Crippen molar-refractivity contribution >= 4 is 27.3 Å². The highest BCUT2D eigenvalue weighted by Gasteiger charge is 2.14. The highest BCUT2D eigenvalue weighted by atomic mass is 79.9. The maximum absolute atomic E-state index is 11.0. The zero-order chi connectivity index (χ0) is 15.6. The number of hydrogen-bond donors (Lipinski definition) is 1. The van der Waals surface area contributed by atoms with E-state index in [-0.39, 0.29) is 10.6 Å². The number of benzene rings is 2. The second kappa shape index (κ2) is 6.26. The Hall–Kier alpha value is -1.88. The zero-order valence-electron chi connectivity index (χ0n) is 12.2. The number of nitro groups is 1. The smallest absolute Gasteiger partial charge is 0.274 e. The van der Waals surface area contributed by atoms with Gasteiger partial charge in [-0.3, -0.25) is 10.1 Å². The minimum atomic E-state index is -0.357. The van der Waals surface area contributed by atoms with Crippen LogP contribution in [0, 0.1) is 30.9 Å². The lowest BCUT2D eigenvalue weighted by molar-refractivity contribution is -0.385. The molecule has 4 nitrogen and oxygen atoms in total. The van der Waals surface area contributed by atoms with Crippen LogP contribution in [0.1, 0.15) is 22.3 Å². The lowest BCUT2D eigenvalue weighted by Crippen LogP contribution is -2.03. The molecule has 0 fully saturated rings. The summed E-state index contributed by atoms with van der Waals surface area (Å²) in [6, 6.07) is 9.61. The summed E-state index contributed by atoms with van der Waals surface area (Å²) >= 11 is 3.45. The van der Waals surface area contributed by atoms with Crippen molar-refractivity contribution in [2.45, 2.75) is 27.3 Å². The van der Waals surface area contributed by atoms with Crippen molar-refractivity contribution in [2.75, 3.05) is 5.32 Å². The van der Waals surface area contributed by atoms with E-state index < -0.39 is 0 Å². The molecule has 0 radical (unpaired) electrons. The third-order valence-electron chi connectivity index (χ3n) is 3.45. The molecule has 110 valence electrons. The predicted molar refractivity (Wildman–Crippen MR) is 88.8 cm³/mol. The molecule has 0 heterocycles. The van der Waals surface area contributed by atoms with Gasteiger partial charge in [-0.2, -0.15) is 0 Å². The van der Waals surface area contributed by atoms with E-state index in [1.807, 2.05) is 0 Å². The summed E-state index contributed by atoms with van der Waals surface area (Å²) in [5, 5.41) is 14.3. The minimum Gasteiger partial charge on any atom is -0.380 e. The molecule has 0 saturated carbocycles. The van der Waals surface area contributed by atoms with E-state index in [0.29, 0.717) is 12.1 Å². The maximum Gasteiger partial charge on any atom is 0.274 e. The minimum absolute atomic E-state index is 0.126. The molecule has 21 heavy (non-hydrogen) atoms. The van der Waals surface area contributed by atoms with Crippen molar-refractivity contribution in [1.82, 2.24) is 0 Å². The van der Waals surface area contributed by atoms with Crippen molar-refractivity contribution < 1.29 is 4.92 Å². The summed E-state index contributed by atoms with van der Waals surface area (Å²) in [6.45, 7) is 6.49. The average molecular weight is 349 g/mol. The van der Waals surface area contributed by atoms with Crippen LogP contribution >= 0.6 is 15.9 Å². The van der Waals surface area contributed by atoms with Crippen molar-refractivity contribution in [3.8, 4) is 0 Å². The van der Waals surface area contributed by atoms with Crippen molar-refractivity contribution in [2.24, 2.45) is 0 Å². The fourth-order valence-corrected chi connectivity index (χ4v) is 2.83. The molecule has 0 aliphatic rings. The second-order valence-electron chi connectivity index (χ2n) is 5.16. The lowest BCUT2D eigenvalue weighted by atomic mass is 10.1. The molecule has 0 aliphatic carbocycles. The van der Waals surface area contributed by atoms with Crippen LogP contribution in [-0.2, 0) is 6.54 Å². The lowest BCUT2D eigenvalue weighted by Gasteiger charge is -2.12. The summed E-state index contributed by atoms with van der Waals surface area (Å²) < 4.78 is 0.829. The Labute approximate surface area is 132 Å². The number of aryl methyl sites for hydroxylation is 3. The van der Waals surface area contributed by atoms with Crippen LogP contribution in [0.25, 0.3) is 0 Å². The van der Waals surface area contributed by atoms with E-state index in [1.165, 1.54) is 16.7 Å². The topological polar surface area (TPSA) is 55.2 Å². The van der Waals surface area contributed by atoms with Gasteiger partial charge in [0, 0.05) is 22.6 Å². The molecule has 0 saturated heterocycles. The van der Waals surface area contributed by atoms with Crippen LogP contribution in [0.3, 0.4) is 0 Å². The molecule has 0 aliphatic heterocycles. The first-order chi connectivity index (χ1) is 9.88. The predicted octanol–water partition coefficient (Wildman–Crippen LogP) is 4.89. The van der Waals surface area contributed by atoms with Gasteiger partial charge in [-0.05, 0) is 53.9 Å². The highest BCUT2D eigenvalue weighted by molar-refractivity contribution is 9.10. The van der Waals surface area contributed by atoms with Gasteiger partial charge in [0.25, 0.3) is 5.69 Å². The third-order valence-corrected chi connectivity index (χ3v) is 4.11. The van der Waals surface area contributed by atoms with E-state index in [1.54, 1.807) is 19.1 Å². The maximum atomic E-state index is 11.0. The quantitative estimate of drug-likeness (QED) is 0.631. The highest BCUT2D eigenvalue weighted by Crippen LogP contribution is 2.31. The van der Waals surface area contributed by atoms with Crippen LogP contribution in [0.15, 0.2) is 34.8 Å². The number of nitrogens with zero attached hydrogens (tertiary/aromatic N) is 1. The number of nitrogens with one attached hydrogen (secondary N) is 1. The Balaban J connectivity index is 2.23. The number of anilines is 1. The molecule has 2 rings (SSSR count). The molecule has 0 bridgehead atoms. The van der Waals surface area contributed by atoms with Crippen LogP contribution in [-0.4, -0.2) is 4.92 Å². The van der Waals surface area contributed by atoms with E-state index >= 15 is 0 Å². The van der Waals surface area contributed by atoms with Crippen LogP contribution in [0.4, 0.5) is 11.4 Å². The van der Waals surface area contributed by atoms with Gasteiger partial charge in [0.2, 0.25) is 0 Å². The zero-order valence-corrected chi connectivity index (χ0v) is 13.8. The average Bonchev–Trinajstić information content (AvgIpc) is 2.39. The normalized spacial score (nSPS) is 10.5. The molecule has 0 unspecified atom stereocenters. The molecule has 0 aromatic heterocycles. The summed E-state index contributed by atoms with van der Waals surface area (Å²) in [4.78, 5) is 10.7.